The highest BCUT2D eigenvalue weighted by molar-refractivity contribution is 5.92. The molecule has 1 aromatic rings. The molecule has 0 saturated carbocycles. The zero-order chi connectivity index (χ0) is 13.2. The first-order valence-electron chi connectivity index (χ1n) is 6.25. The van der Waals surface area contributed by atoms with Crippen LogP contribution in [-0.2, 0) is 6.54 Å². The molecule has 1 aromatic heterocycles. The van der Waals surface area contributed by atoms with Crippen LogP contribution in [0.4, 0.5) is 0 Å². The Hall–Kier alpha value is -1.40. The smallest absolute Gasteiger partial charge is 0.274 e. The number of β-amino-alcohol motifs (C(OH)–C–C–N with tert-alkyl or cyclic N) is 1. The zero-order valence-corrected chi connectivity index (χ0v) is 10.7. The van der Waals surface area contributed by atoms with E-state index in [-0.39, 0.29) is 5.91 Å². The second kappa shape index (κ2) is 5.07. The van der Waals surface area contributed by atoms with Crippen LogP contribution < -0.4 is 5.73 Å². The summed E-state index contributed by atoms with van der Waals surface area (Å²) in [5.41, 5.74) is 5.08. The first-order valence-corrected chi connectivity index (χ1v) is 6.25. The van der Waals surface area contributed by atoms with Crippen molar-refractivity contribution >= 4 is 5.91 Å². The van der Waals surface area contributed by atoms with Gasteiger partial charge in [-0.1, -0.05) is 0 Å². The molecule has 1 fully saturated rings. The van der Waals surface area contributed by atoms with Gasteiger partial charge in [0.05, 0.1) is 11.9 Å². The molecule has 1 unspecified atom stereocenters. The van der Waals surface area contributed by atoms with Crippen molar-refractivity contribution in [2.45, 2.75) is 31.9 Å². The molecule has 2 heterocycles. The van der Waals surface area contributed by atoms with Crippen molar-refractivity contribution in [3.63, 3.8) is 0 Å². The Morgan fingerprint density at radius 3 is 3.11 bits per heavy atom. The SMILES string of the molecule is CC1(O)CCCN(C(=O)c2cn(CCN)cn2)C1. The number of hydrogen-bond donors (Lipinski definition) is 2. The van der Waals surface area contributed by atoms with E-state index in [2.05, 4.69) is 4.98 Å². The number of imidazole rings is 1. The van der Waals surface area contributed by atoms with Gasteiger partial charge in [0.25, 0.3) is 5.91 Å². The van der Waals surface area contributed by atoms with E-state index in [1.165, 1.54) is 0 Å². The molecule has 1 atom stereocenters. The largest absolute Gasteiger partial charge is 0.388 e. The highest BCUT2D eigenvalue weighted by Gasteiger charge is 2.31. The van der Waals surface area contributed by atoms with Crippen molar-refractivity contribution in [2.75, 3.05) is 19.6 Å². The third-order valence-electron chi connectivity index (χ3n) is 3.20. The van der Waals surface area contributed by atoms with Crippen LogP contribution in [0, 0.1) is 0 Å². The maximum absolute atomic E-state index is 12.2. The molecule has 0 aromatic carbocycles. The van der Waals surface area contributed by atoms with Gasteiger partial charge in [0.2, 0.25) is 0 Å². The average Bonchev–Trinajstić information content (AvgIpc) is 2.76. The van der Waals surface area contributed by atoms with Gasteiger partial charge >= 0.3 is 0 Å². The molecule has 18 heavy (non-hydrogen) atoms. The van der Waals surface area contributed by atoms with Crippen molar-refractivity contribution in [2.24, 2.45) is 5.73 Å². The van der Waals surface area contributed by atoms with Crippen LogP contribution in [0.5, 0.6) is 0 Å². The van der Waals surface area contributed by atoms with Gasteiger partial charge in [-0.3, -0.25) is 4.79 Å². The fourth-order valence-corrected chi connectivity index (χ4v) is 2.30. The number of aliphatic hydroxyl groups is 1. The summed E-state index contributed by atoms with van der Waals surface area (Å²) in [6, 6.07) is 0. The number of aromatic nitrogens is 2. The molecule has 6 heteroatoms. The number of rotatable bonds is 3. The van der Waals surface area contributed by atoms with Crippen LogP contribution in [-0.4, -0.2) is 50.7 Å². The van der Waals surface area contributed by atoms with Crippen molar-refractivity contribution in [1.82, 2.24) is 14.5 Å². The Labute approximate surface area is 106 Å². The van der Waals surface area contributed by atoms with Gasteiger partial charge in [0.1, 0.15) is 5.69 Å². The quantitative estimate of drug-likeness (QED) is 0.782. The van der Waals surface area contributed by atoms with Crippen LogP contribution in [0.1, 0.15) is 30.3 Å². The predicted molar refractivity (Wildman–Crippen MR) is 67.0 cm³/mol. The van der Waals surface area contributed by atoms with Gasteiger partial charge in [-0.05, 0) is 19.8 Å². The van der Waals surface area contributed by atoms with E-state index < -0.39 is 5.60 Å². The lowest BCUT2D eigenvalue weighted by Gasteiger charge is -2.36. The molecule has 3 N–H and O–H groups in total. The fraction of sp³-hybridized carbons (Fsp3) is 0.667. The number of hydrogen-bond acceptors (Lipinski definition) is 4. The van der Waals surface area contributed by atoms with Crippen molar-refractivity contribution in [3.05, 3.63) is 18.2 Å². The summed E-state index contributed by atoms with van der Waals surface area (Å²) in [6.45, 7) is 3.98. The second-order valence-corrected chi connectivity index (χ2v) is 5.11. The molecule has 2 rings (SSSR count). The van der Waals surface area contributed by atoms with Crippen molar-refractivity contribution < 1.29 is 9.90 Å². The molecule has 0 radical (unpaired) electrons. The zero-order valence-electron chi connectivity index (χ0n) is 10.7. The number of likely N-dealkylation sites (tertiary alicyclic amines) is 1. The Kier molecular flexibility index (Phi) is 3.68. The molecule has 0 spiro atoms. The van der Waals surface area contributed by atoms with E-state index in [0.717, 1.165) is 12.8 Å². The van der Waals surface area contributed by atoms with Gasteiger partial charge in [0.15, 0.2) is 0 Å². The van der Waals surface area contributed by atoms with Gasteiger partial charge in [-0.25, -0.2) is 4.98 Å². The Morgan fingerprint density at radius 1 is 1.67 bits per heavy atom. The van der Waals surface area contributed by atoms with E-state index in [1.54, 1.807) is 28.9 Å². The summed E-state index contributed by atoms with van der Waals surface area (Å²) in [6.07, 6.45) is 4.88. The molecule has 1 saturated heterocycles. The van der Waals surface area contributed by atoms with E-state index in [0.29, 0.717) is 31.9 Å². The molecule has 6 nitrogen and oxygen atoms in total. The molecule has 100 valence electrons. The Bertz CT molecular complexity index is 427. The van der Waals surface area contributed by atoms with Gasteiger partial charge in [0, 0.05) is 32.4 Å². The summed E-state index contributed by atoms with van der Waals surface area (Å²) in [7, 11) is 0. The average molecular weight is 252 g/mol. The highest BCUT2D eigenvalue weighted by atomic mass is 16.3. The minimum Gasteiger partial charge on any atom is -0.388 e. The normalized spacial score (nSPS) is 24.3. The Balaban J connectivity index is 2.05. The van der Waals surface area contributed by atoms with E-state index in [9.17, 15) is 9.90 Å². The summed E-state index contributed by atoms with van der Waals surface area (Å²) in [5.74, 6) is -0.120. The van der Waals surface area contributed by atoms with Gasteiger partial charge < -0.3 is 20.3 Å². The molecule has 1 aliphatic heterocycles. The molecule has 0 aliphatic carbocycles. The number of nitrogens with two attached hydrogens (primary N) is 1. The molecular weight excluding hydrogens is 232 g/mol. The van der Waals surface area contributed by atoms with Gasteiger partial charge in [-0.2, -0.15) is 0 Å². The predicted octanol–water partition coefficient (Wildman–Crippen LogP) is -0.171. The monoisotopic (exact) mass is 252 g/mol. The van der Waals surface area contributed by atoms with Crippen molar-refractivity contribution in [1.29, 1.82) is 0 Å². The van der Waals surface area contributed by atoms with E-state index >= 15 is 0 Å². The second-order valence-electron chi connectivity index (χ2n) is 5.11. The summed E-state index contributed by atoms with van der Waals surface area (Å²) < 4.78 is 1.80. The number of carbonyl (C=O) groups excluding carboxylic acids is 1. The summed E-state index contributed by atoms with van der Waals surface area (Å²) >= 11 is 0. The van der Waals surface area contributed by atoms with Crippen LogP contribution in [0.3, 0.4) is 0 Å². The molecule has 0 bridgehead atoms. The Morgan fingerprint density at radius 2 is 2.44 bits per heavy atom. The fourth-order valence-electron chi connectivity index (χ4n) is 2.30. The third kappa shape index (κ3) is 2.88. The maximum atomic E-state index is 12.2. The van der Waals surface area contributed by atoms with E-state index in [1.807, 2.05) is 0 Å². The highest BCUT2D eigenvalue weighted by Crippen LogP contribution is 2.21. The van der Waals surface area contributed by atoms with Crippen LogP contribution in [0.2, 0.25) is 0 Å². The van der Waals surface area contributed by atoms with E-state index in [4.69, 9.17) is 5.73 Å². The maximum Gasteiger partial charge on any atom is 0.274 e. The van der Waals surface area contributed by atoms with Crippen LogP contribution >= 0.6 is 0 Å². The van der Waals surface area contributed by atoms with Crippen LogP contribution in [0.25, 0.3) is 0 Å². The molecule has 1 aliphatic rings. The van der Waals surface area contributed by atoms with Crippen LogP contribution in [0.15, 0.2) is 12.5 Å². The van der Waals surface area contributed by atoms with Gasteiger partial charge in [-0.15, -0.1) is 0 Å². The minimum atomic E-state index is -0.784. The van der Waals surface area contributed by atoms with Crippen molar-refractivity contribution in [3.8, 4) is 0 Å². The summed E-state index contributed by atoms with van der Waals surface area (Å²) in [4.78, 5) is 18.0. The number of carbonyl (C=O) groups is 1. The standard InChI is InChI=1S/C12H20N4O2/c1-12(18)3-2-5-16(8-12)11(17)10-7-15(6-4-13)9-14-10/h7,9,18H,2-6,8,13H2,1H3. The minimum absolute atomic E-state index is 0.120. The topological polar surface area (TPSA) is 84.4 Å². The lowest BCUT2D eigenvalue weighted by molar-refractivity contribution is -0.0109. The first-order chi connectivity index (χ1) is 8.52. The third-order valence-corrected chi connectivity index (χ3v) is 3.20. The summed E-state index contributed by atoms with van der Waals surface area (Å²) in [5, 5.41) is 9.99. The molecule has 1 amide bonds. The lowest BCUT2D eigenvalue weighted by Crippen LogP contribution is -2.48. The number of piperidine rings is 1. The molecular formula is C12H20N4O2. The number of amides is 1. The number of nitrogens with zero attached hydrogens (tertiary/aromatic N) is 3. The lowest BCUT2D eigenvalue weighted by atomic mass is 9.95. The first kappa shape index (κ1) is 13.0.